The predicted molar refractivity (Wildman–Crippen MR) is 124 cm³/mol. The number of H-pyrrole nitrogens is 1. The molecular formula is C25H28N4O3. The van der Waals surface area contributed by atoms with Crippen LogP contribution in [0.25, 0.3) is 11.4 Å². The van der Waals surface area contributed by atoms with Crippen molar-refractivity contribution in [1.29, 1.82) is 0 Å². The first-order valence-electron chi connectivity index (χ1n) is 10.8. The summed E-state index contributed by atoms with van der Waals surface area (Å²) in [4.78, 5) is 27.2. The molecule has 1 heterocycles. The Hall–Kier alpha value is -3.74. The Labute approximate surface area is 187 Å². The molecule has 7 heteroatoms. The molecule has 0 aliphatic carbocycles. The normalized spacial score (nSPS) is 10.5. The minimum atomic E-state index is -0.343. The number of ether oxygens (including phenoxy) is 1. The second-order valence-corrected chi connectivity index (χ2v) is 7.34. The Balaban J connectivity index is 1.48. The number of benzene rings is 2. The van der Waals surface area contributed by atoms with Gasteiger partial charge >= 0.3 is 0 Å². The van der Waals surface area contributed by atoms with Crippen molar-refractivity contribution in [3.05, 3.63) is 88.9 Å². The molecular weight excluding hydrogens is 404 g/mol. The number of carbonyl (C=O) groups excluding carboxylic acids is 1. The van der Waals surface area contributed by atoms with E-state index in [1.807, 2.05) is 36.4 Å². The molecule has 2 N–H and O–H groups in total. The summed E-state index contributed by atoms with van der Waals surface area (Å²) in [5.41, 5.74) is 1.85. The van der Waals surface area contributed by atoms with E-state index in [9.17, 15) is 9.59 Å². The molecule has 0 saturated heterocycles. The van der Waals surface area contributed by atoms with Gasteiger partial charge in [0.05, 0.1) is 6.61 Å². The number of aromatic nitrogens is 3. The summed E-state index contributed by atoms with van der Waals surface area (Å²) in [6, 6.07) is 17.4. The van der Waals surface area contributed by atoms with Gasteiger partial charge in [-0.3, -0.25) is 9.59 Å². The monoisotopic (exact) mass is 432 g/mol. The largest absolute Gasteiger partial charge is 0.493 e. The molecule has 0 aliphatic heterocycles. The maximum Gasteiger partial charge on any atom is 0.273 e. The SMILES string of the molecule is C=CCCOc1cccc(-c2nnc(CCC(=O)NCCCc3ccccc3)c(=O)[nH]2)c1. The standard InChI is InChI=1S/C25H28N4O3/c1-2-3-17-32-21-13-7-12-20(18-21)24-27-25(31)22(28-29-24)14-15-23(30)26-16-8-11-19-9-5-4-6-10-19/h2,4-7,9-10,12-13,18H,1,3,8,11,14-17H2,(H,26,30)(H,27,29,31). The van der Waals surface area contributed by atoms with Crippen LogP contribution >= 0.6 is 0 Å². The maximum absolute atomic E-state index is 12.4. The van der Waals surface area contributed by atoms with Crippen molar-refractivity contribution in [2.75, 3.05) is 13.2 Å². The second-order valence-electron chi connectivity index (χ2n) is 7.34. The van der Waals surface area contributed by atoms with E-state index in [0.717, 1.165) is 19.3 Å². The quantitative estimate of drug-likeness (QED) is 0.337. The summed E-state index contributed by atoms with van der Waals surface area (Å²) < 4.78 is 5.64. The Morgan fingerprint density at radius 3 is 2.72 bits per heavy atom. The Bertz CT molecular complexity index is 1080. The second kappa shape index (κ2) is 12.2. The van der Waals surface area contributed by atoms with Gasteiger partial charge < -0.3 is 15.0 Å². The average Bonchev–Trinajstić information content (AvgIpc) is 2.82. The first kappa shape index (κ1) is 22.9. The number of nitrogens with one attached hydrogen (secondary N) is 2. The summed E-state index contributed by atoms with van der Waals surface area (Å²) in [6.45, 7) is 4.79. The molecule has 32 heavy (non-hydrogen) atoms. The lowest BCUT2D eigenvalue weighted by Crippen LogP contribution is -2.26. The third-order valence-corrected chi connectivity index (χ3v) is 4.86. The first-order chi connectivity index (χ1) is 15.7. The lowest BCUT2D eigenvalue weighted by atomic mass is 10.1. The van der Waals surface area contributed by atoms with Crippen LogP contribution in [0, 0.1) is 0 Å². The van der Waals surface area contributed by atoms with Crippen molar-refractivity contribution in [3.8, 4) is 17.1 Å². The van der Waals surface area contributed by atoms with Gasteiger partial charge in [0.2, 0.25) is 5.91 Å². The maximum atomic E-state index is 12.4. The Morgan fingerprint density at radius 1 is 1.09 bits per heavy atom. The van der Waals surface area contributed by atoms with E-state index in [-0.39, 0.29) is 30.0 Å². The van der Waals surface area contributed by atoms with Gasteiger partial charge in [-0.05, 0) is 37.0 Å². The average molecular weight is 433 g/mol. The fourth-order valence-electron chi connectivity index (χ4n) is 3.13. The molecule has 0 saturated carbocycles. The van der Waals surface area contributed by atoms with Crippen LogP contribution in [0.4, 0.5) is 0 Å². The zero-order valence-corrected chi connectivity index (χ0v) is 18.0. The fourth-order valence-corrected chi connectivity index (χ4v) is 3.13. The van der Waals surface area contributed by atoms with Gasteiger partial charge in [-0.1, -0.05) is 48.5 Å². The molecule has 0 unspecified atom stereocenters. The summed E-state index contributed by atoms with van der Waals surface area (Å²) in [5, 5.41) is 11.1. The molecule has 3 rings (SSSR count). The van der Waals surface area contributed by atoms with Crippen molar-refractivity contribution < 1.29 is 9.53 Å². The number of hydrogen-bond acceptors (Lipinski definition) is 5. The minimum Gasteiger partial charge on any atom is -0.493 e. The van der Waals surface area contributed by atoms with Crippen LogP contribution in [0.1, 0.15) is 30.5 Å². The number of hydrogen-bond donors (Lipinski definition) is 2. The molecule has 0 atom stereocenters. The van der Waals surface area contributed by atoms with E-state index in [1.54, 1.807) is 12.1 Å². The van der Waals surface area contributed by atoms with Crippen LogP contribution in [0.15, 0.2) is 72.0 Å². The molecule has 2 aromatic carbocycles. The van der Waals surface area contributed by atoms with Gasteiger partial charge in [0.25, 0.3) is 5.56 Å². The van der Waals surface area contributed by atoms with Crippen molar-refractivity contribution in [1.82, 2.24) is 20.5 Å². The van der Waals surface area contributed by atoms with Gasteiger partial charge in [-0.15, -0.1) is 16.8 Å². The summed E-state index contributed by atoms with van der Waals surface area (Å²) in [6.07, 6.45) is 4.73. The van der Waals surface area contributed by atoms with Gasteiger partial charge in [-0.25, -0.2) is 0 Å². The van der Waals surface area contributed by atoms with Crippen molar-refractivity contribution in [2.45, 2.75) is 32.1 Å². The Kier molecular flexibility index (Phi) is 8.74. The summed E-state index contributed by atoms with van der Waals surface area (Å²) in [5.74, 6) is 0.936. The third kappa shape index (κ3) is 7.19. The van der Waals surface area contributed by atoms with Crippen LogP contribution < -0.4 is 15.6 Å². The van der Waals surface area contributed by atoms with E-state index in [0.29, 0.717) is 30.3 Å². The highest BCUT2D eigenvalue weighted by molar-refractivity contribution is 5.76. The van der Waals surface area contributed by atoms with Gasteiger partial charge in [0.1, 0.15) is 11.4 Å². The molecule has 0 bridgehead atoms. The number of aryl methyl sites for hydroxylation is 2. The molecule has 166 valence electrons. The number of carbonyl (C=O) groups is 1. The number of amides is 1. The summed E-state index contributed by atoms with van der Waals surface area (Å²) in [7, 11) is 0. The van der Waals surface area contributed by atoms with Gasteiger partial charge in [-0.2, -0.15) is 0 Å². The van der Waals surface area contributed by atoms with Crippen molar-refractivity contribution in [2.24, 2.45) is 0 Å². The highest BCUT2D eigenvalue weighted by Crippen LogP contribution is 2.20. The van der Waals surface area contributed by atoms with Crippen molar-refractivity contribution in [3.63, 3.8) is 0 Å². The van der Waals surface area contributed by atoms with Gasteiger partial charge in [0, 0.05) is 24.9 Å². The number of nitrogens with zero attached hydrogens (tertiary/aromatic N) is 2. The smallest absolute Gasteiger partial charge is 0.273 e. The minimum absolute atomic E-state index is 0.104. The first-order valence-corrected chi connectivity index (χ1v) is 10.8. The molecule has 1 amide bonds. The fraction of sp³-hybridized carbons (Fsp3) is 0.280. The van der Waals surface area contributed by atoms with E-state index in [1.165, 1.54) is 5.56 Å². The summed E-state index contributed by atoms with van der Waals surface area (Å²) >= 11 is 0. The molecule has 0 radical (unpaired) electrons. The van der Waals surface area contributed by atoms with E-state index >= 15 is 0 Å². The van der Waals surface area contributed by atoms with Crippen LogP contribution in [0.5, 0.6) is 5.75 Å². The number of rotatable bonds is 12. The lowest BCUT2D eigenvalue weighted by molar-refractivity contribution is -0.121. The van der Waals surface area contributed by atoms with Crippen LogP contribution in [-0.2, 0) is 17.6 Å². The third-order valence-electron chi connectivity index (χ3n) is 4.86. The highest BCUT2D eigenvalue weighted by atomic mass is 16.5. The Morgan fingerprint density at radius 2 is 1.94 bits per heavy atom. The predicted octanol–water partition coefficient (Wildman–Crippen LogP) is 3.47. The van der Waals surface area contributed by atoms with Gasteiger partial charge in [0.15, 0.2) is 5.82 Å². The topological polar surface area (TPSA) is 97.0 Å². The highest BCUT2D eigenvalue weighted by Gasteiger charge is 2.10. The zero-order chi connectivity index (χ0) is 22.6. The van der Waals surface area contributed by atoms with Crippen LogP contribution in [-0.4, -0.2) is 34.2 Å². The van der Waals surface area contributed by atoms with E-state index in [4.69, 9.17) is 4.74 Å². The van der Waals surface area contributed by atoms with Crippen molar-refractivity contribution >= 4 is 5.91 Å². The number of aromatic amines is 1. The molecule has 3 aromatic rings. The molecule has 0 aliphatic rings. The molecule has 0 fully saturated rings. The lowest BCUT2D eigenvalue weighted by Gasteiger charge is -2.07. The van der Waals surface area contributed by atoms with E-state index < -0.39 is 0 Å². The molecule has 1 aromatic heterocycles. The van der Waals surface area contributed by atoms with Crippen LogP contribution in [0.3, 0.4) is 0 Å². The molecule has 0 spiro atoms. The van der Waals surface area contributed by atoms with E-state index in [2.05, 4.69) is 39.2 Å². The molecule has 7 nitrogen and oxygen atoms in total. The zero-order valence-electron chi connectivity index (χ0n) is 18.0. The van der Waals surface area contributed by atoms with Crippen LogP contribution in [0.2, 0.25) is 0 Å².